The van der Waals surface area contributed by atoms with E-state index in [0.29, 0.717) is 37.0 Å². The number of benzene rings is 2. The summed E-state index contributed by atoms with van der Waals surface area (Å²) >= 11 is 7.14. The summed E-state index contributed by atoms with van der Waals surface area (Å²) in [6.07, 6.45) is -2.26. The number of piperazine rings is 1. The largest absolute Gasteiger partial charge is 0.417 e. The molecule has 1 aromatic heterocycles. The Morgan fingerprint density at radius 2 is 1.79 bits per heavy atom. The fraction of sp³-hybridized carbons (Fsp3) is 0.481. The van der Waals surface area contributed by atoms with Crippen molar-refractivity contribution in [3.05, 3.63) is 50.9 Å². The molecule has 2 aliphatic heterocycles. The molecule has 2 fully saturated rings. The Morgan fingerprint density at radius 3 is 2.41 bits per heavy atom. The molecule has 6 rings (SSSR count). The minimum atomic E-state index is -4.88. The van der Waals surface area contributed by atoms with Gasteiger partial charge in [0.25, 0.3) is 0 Å². The normalized spacial score (nSPS) is 22.7. The fourth-order valence-corrected chi connectivity index (χ4v) is 7.93. The summed E-state index contributed by atoms with van der Waals surface area (Å²) in [6.45, 7) is 5.15. The Balaban J connectivity index is 1.73. The standard InChI is InChI=1S/C27H26ClF5N4OS/c1-13-9-36(10-14(2)34-13)24-16-6-17(27(31,32)33)21(15-7-18(28)20(30)8-19(15)29)23-22(16)37(25(38)35-24)11-26(12-39-23)4-3-5-26/h6-8,13-14,34H,3-5,9-12H2,1-2H3. The van der Waals surface area contributed by atoms with Crippen molar-refractivity contribution in [3.63, 3.8) is 0 Å². The number of hydrogen-bond acceptors (Lipinski definition) is 5. The van der Waals surface area contributed by atoms with Crippen LogP contribution in [0.2, 0.25) is 5.02 Å². The highest BCUT2D eigenvalue weighted by molar-refractivity contribution is 7.99. The number of thioether (sulfide) groups is 1. The van der Waals surface area contributed by atoms with E-state index in [0.717, 1.165) is 31.4 Å². The average molecular weight is 585 g/mol. The molecular formula is C27H26ClF5N4OS. The van der Waals surface area contributed by atoms with Crippen LogP contribution in [0.1, 0.15) is 38.7 Å². The molecule has 0 bridgehead atoms. The molecule has 0 radical (unpaired) electrons. The number of hydrogen-bond donors (Lipinski definition) is 1. The van der Waals surface area contributed by atoms with E-state index < -0.39 is 45.2 Å². The molecule has 1 spiro atoms. The average Bonchev–Trinajstić information content (AvgIpc) is 3.01. The van der Waals surface area contributed by atoms with Gasteiger partial charge < -0.3 is 10.2 Å². The summed E-state index contributed by atoms with van der Waals surface area (Å²) in [5, 5.41) is 3.09. The number of aromatic nitrogens is 2. The van der Waals surface area contributed by atoms with Crippen LogP contribution < -0.4 is 15.9 Å². The quantitative estimate of drug-likeness (QED) is 0.276. The molecule has 208 valence electrons. The van der Waals surface area contributed by atoms with Crippen molar-refractivity contribution in [2.75, 3.05) is 23.7 Å². The van der Waals surface area contributed by atoms with Crippen LogP contribution in [-0.4, -0.2) is 40.5 Å². The number of alkyl halides is 3. The minimum Gasteiger partial charge on any atom is -0.353 e. The van der Waals surface area contributed by atoms with Crippen LogP contribution in [0, 0.1) is 17.0 Å². The van der Waals surface area contributed by atoms with E-state index in [4.69, 9.17) is 11.6 Å². The second-order valence-electron chi connectivity index (χ2n) is 11.1. The van der Waals surface area contributed by atoms with Crippen LogP contribution in [0.25, 0.3) is 22.0 Å². The number of nitrogens with one attached hydrogen (secondary N) is 1. The van der Waals surface area contributed by atoms with Crippen LogP contribution in [0.4, 0.5) is 27.8 Å². The second kappa shape index (κ2) is 9.34. The van der Waals surface area contributed by atoms with Crippen LogP contribution in [0.5, 0.6) is 0 Å². The lowest BCUT2D eigenvalue weighted by Gasteiger charge is -2.41. The number of halogens is 6. The number of rotatable bonds is 2. The highest BCUT2D eigenvalue weighted by Crippen LogP contribution is 2.54. The predicted molar refractivity (Wildman–Crippen MR) is 143 cm³/mol. The maximum absolute atomic E-state index is 15.2. The monoisotopic (exact) mass is 584 g/mol. The van der Waals surface area contributed by atoms with Crippen LogP contribution >= 0.6 is 23.4 Å². The van der Waals surface area contributed by atoms with Crippen molar-refractivity contribution in [3.8, 4) is 11.1 Å². The molecular weight excluding hydrogens is 559 g/mol. The Bertz CT molecular complexity index is 1540. The van der Waals surface area contributed by atoms with Gasteiger partial charge in [0, 0.05) is 64.9 Å². The lowest BCUT2D eigenvalue weighted by atomic mass is 9.70. The Hall–Kier alpha value is -2.37. The van der Waals surface area contributed by atoms with E-state index in [2.05, 4.69) is 10.3 Å². The van der Waals surface area contributed by atoms with Crippen LogP contribution in [0.15, 0.2) is 27.9 Å². The van der Waals surface area contributed by atoms with Crippen molar-refractivity contribution in [1.29, 1.82) is 0 Å². The SMILES string of the molecule is CC1CN(c2nc(=O)n3c4c(c(-c5cc(Cl)c(F)cc5F)c(C(F)(F)F)cc24)SCC2(CCC2)C3)CC(C)N1. The summed E-state index contributed by atoms with van der Waals surface area (Å²) in [5.41, 5.74) is -2.47. The van der Waals surface area contributed by atoms with Crippen LogP contribution in [0.3, 0.4) is 0 Å². The highest BCUT2D eigenvalue weighted by Gasteiger charge is 2.44. The van der Waals surface area contributed by atoms with Gasteiger partial charge in [0.15, 0.2) is 0 Å². The first-order valence-corrected chi connectivity index (χ1v) is 14.2. The van der Waals surface area contributed by atoms with Crippen molar-refractivity contribution in [2.24, 2.45) is 5.41 Å². The number of nitrogens with zero attached hydrogens (tertiary/aromatic N) is 3. The van der Waals surface area contributed by atoms with Gasteiger partial charge in [-0.3, -0.25) is 4.57 Å². The lowest BCUT2D eigenvalue weighted by molar-refractivity contribution is -0.137. The maximum atomic E-state index is 15.2. The van der Waals surface area contributed by atoms with Gasteiger partial charge in [-0.25, -0.2) is 13.6 Å². The van der Waals surface area contributed by atoms with Gasteiger partial charge in [0.2, 0.25) is 0 Å². The van der Waals surface area contributed by atoms with E-state index >= 15 is 4.39 Å². The zero-order valence-electron chi connectivity index (χ0n) is 21.3. The number of anilines is 1. The van der Waals surface area contributed by atoms with E-state index in [-0.39, 0.29) is 33.6 Å². The van der Waals surface area contributed by atoms with Crippen molar-refractivity contribution in [1.82, 2.24) is 14.9 Å². The Kier molecular flexibility index (Phi) is 6.43. The van der Waals surface area contributed by atoms with E-state index in [1.54, 1.807) is 0 Å². The van der Waals surface area contributed by atoms with Gasteiger partial charge in [-0.1, -0.05) is 18.0 Å². The minimum absolute atomic E-state index is 0.0209. The third-order valence-electron chi connectivity index (χ3n) is 8.07. The van der Waals surface area contributed by atoms with Crippen molar-refractivity contribution >= 4 is 40.1 Å². The van der Waals surface area contributed by atoms with Gasteiger partial charge in [-0.2, -0.15) is 18.2 Å². The third kappa shape index (κ3) is 4.50. The zero-order valence-corrected chi connectivity index (χ0v) is 22.8. The second-order valence-corrected chi connectivity index (χ2v) is 12.5. The van der Waals surface area contributed by atoms with Gasteiger partial charge in [0.1, 0.15) is 17.5 Å². The summed E-state index contributed by atoms with van der Waals surface area (Å²) in [5.74, 6) is -1.57. The van der Waals surface area contributed by atoms with Crippen molar-refractivity contribution in [2.45, 2.75) is 62.8 Å². The zero-order chi connectivity index (χ0) is 27.9. The molecule has 2 unspecified atom stereocenters. The fourth-order valence-electron chi connectivity index (χ4n) is 6.21. The van der Waals surface area contributed by atoms with Gasteiger partial charge in [0.05, 0.1) is 16.1 Å². The molecule has 39 heavy (non-hydrogen) atoms. The molecule has 2 atom stereocenters. The first-order chi connectivity index (χ1) is 18.4. The summed E-state index contributed by atoms with van der Waals surface area (Å²) in [7, 11) is 0. The summed E-state index contributed by atoms with van der Waals surface area (Å²) in [6, 6.07) is 2.41. The molecule has 3 heterocycles. The lowest BCUT2D eigenvalue weighted by Crippen LogP contribution is -2.55. The van der Waals surface area contributed by atoms with Gasteiger partial charge in [-0.15, -0.1) is 11.8 Å². The van der Waals surface area contributed by atoms with Gasteiger partial charge >= 0.3 is 11.9 Å². The first-order valence-electron chi connectivity index (χ1n) is 12.8. The molecule has 2 aromatic carbocycles. The highest BCUT2D eigenvalue weighted by atomic mass is 35.5. The predicted octanol–water partition coefficient (Wildman–Crippen LogP) is 6.48. The molecule has 3 aliphatic rings. The molecule has 5 nitrogen and oxygen atoms in total. The molecule has 3 aromatic rings. The van der Waals surface area contributed by atoms with Gasteiger partial charge in [-0.05, 0) is 44.2 Å². The van der Waals surface area contributed by atoms with Crippen LogP contribution in [-0.2, 0) is 12.7 Å². The maximum Gasteiger partial charge on any atom is 0.417 e. The molecule has 1 saturated heterocycles. The van der Waals surface area contributed by atoms with E-state index in [1.165, 1.54) is 16.3 Å². The smallest absolute Gasteiger partial charge is 0.353 e. The van der Waals surface area contributed by atoms with E-state index in [9.17, 15) is 22.4 Å². The molecule has 1 saturated carbocycles. The molecule has 1 N–H and O–H groups in total. The molecule has 1 aliphatic carbocycles. The summed E-state index contributed by atoms with van der Waals surface area (Å²) < 4.78 is 75.0. The first kappa shape index (κ1) is 26.8. The molecule has 12 heteroatoms. The Morgan fingerprint density at radius 1 is 1.10 bits per heavy atom. The molecule has 0 amide bonds. The third-order valence-corrected chi connectivity index (χ3v) is 9.80. The topological polar surface area (TPSA) is 50.2 Å². The summed E-state index contributed by atoms with van der Waals surface area (Å²) in [4.78, 5) is 19.9. The van der Waals surface area contributed by atoms with Crippen molar-refractivity contribution < 1.29 is 22.0 Å². The Labute approximate surface area is 230 Å². The van der Waals surface area contributed by atoms with E-state index in [1.807, 2.05) is 18.7 Å².